The first kappa shape index (κ1) is 11.7. The van der Waals surface area contributed by atoms with E-state index in [0.717, 1.165) is 0 Å². The van der Waals surface area contributed by atoms with E-state index in [1.54, 1.807) is 11.0 Å². The van der Waals surface area contributed by atoms with Crippen LogP contribution in [0.2, 0.25) is 0 Å². The molecule has 2 fully saturated rings. The smallest absolute Gasteiger partial charge is 0.229 e. The minimum absolute atomic E-state index is 0.107. The van der Waals surface area contributed by atoms with Crippen LogP contribution in [0.15, 0.2) is 12.2 Å². The molecule has 98 valence electrons. The van der Waals surface area contributed by atoms with Crippen LogP contribution in [0.25, 0.3) is 0 Å². The van der Waals surface area contributed by atoms with Crippen LogP contribution in [0.3, 0.4) is 0 Å². The fraction of sp³-hybridized carbons (Fsp3) is 0.692. The summed E-state index contributed by atoms with van der Waals surface area (Å²) in [6.07, 6.45) is 3.12. The van der Waals surface area contributed by atoms with Gasteiger partial charge in [-0.05, 0) is 5.92 Å². The summed E-state index contributed by atoms with van der Waals surface area (Å²) in [5.74, 6) is -2.37. The Morgan fingerprint density at radius 2 is 2.39 bits per heavy atom. The van der Waals surface area contributed by atoms with E-state index >= 15 is 0 Å². The summed E-state index contributed by atoms with van der Waals surface area (Å²) in [6.45, 7) is 5.16. The van der Waals surface area contributed by atoms with Gasteiger partial charge in [-0.15, -0.1) is 0 Å². The van der Waals surface area contributed by atoms with Gasteiger partial charge in [0, 0.05) is 18.4 Å². The standard InChI is InChI=1S/C13H17NO4/c1-7(2)5-14-6-13-4-3-8(18-13)9(12(16)17)10(13)11(14)15/h3-4,7-10H,5-6H2,1-2H3,(H,16,17)/p-1/t8-,9+,10+,13-/m1/s1. The number of hydrogen-bond donors (Lipinski definition) is 0. The molecule has 3 heterocycles. The minimum Gasteiger partial charge on any atom is -0.550 e. The van der Waals surface area contributed by atoms with Crippen molar-refractivity contribution >= 4 is 11.9 Å². The average Bonchev–Trinajstić information content (AvgIpc) is 2.87. The number of rotatable bonds is 3. The number of nitrogens with zero attached hydrogens (tertiary/aromatic N) is 1. The molecule has 3 aliphatic rings. The van der Waals surface area contributed by atoms with Crippen molar-refractivity contribution in [1.82, 2.24) is 4.90 Å². The van der Waals surface area contributed by atoms with Crippen LogP contribution in [-0.4, -0.2) is 41.6 Å². The molecule has 0 aromatic carbocycles. The van der Waals surface area contributed by atoms with Crippen LogP contribution in [0.4, 0.5) is 0 Å². The van der Waals surface area contributed by atoms with Crippen molar-refractivity contribution in [1.29, 1.82) is 0 Å². The normalized spacial score (nSPS) is 40.9. The first-order valence-corrected chi connectivity index (χ1v) is 6.31. The van der Waals surface area contributed by atoms with E-state index < -0.39 is 29.5 Å². The predicted molar refractivity (Wildman–Crippen MR) is 60.1 cm³/mol. The zero-order valence-corrected chi connectivity index (χ0v) is 10.5. The van der Waals surface area contributed by atoms with Crippen LogP contribution < -0.4 is 5.11 Å². The average molecular weight is 250 g/mol. The number of carbonyl (C=O) groups is 2. The van der Waals surface area contributed by atoms with Crippen LogP contribution in [0, 0.1) is 17.8 Å². The molecule has 0 aliphatic carbocycles. The van der Waals surface area contributed by atoms with Crippen molar-refractivity contribution in [2.75, 3.05) is 13.1 Å². The maximum atomic E-state index is 12.3. The van der Waals surface area contributed by atoms with E-state index in [9.17, 15) is 14.7 Å². The number of fused-ring (bicyclic) bond motifs is 1. The van der Waals surface area contributed by atoms with Gasteiger partial charge in [-0.25, -0.2) is 0 Å². The van der Waals surface area contributed by atoms with Gasteiger partial charge in [0.2, 0.25) is 5.91 Å². The van der Waals surface area contributed by atoms with E-state index in [4.69, 9.17) is 4.74 Å². The van der Waals surface area contributed by atoms with Gasteiger partial charge in [0.25, 0.3) is 0 Å². The Balaban J connectivity index is 1.92. The van der Waals surface area contributed by atoms with E-state index in [1.807, 2.05) is 19.9 Å². The summed E-state index contributed by atoms with van der Waals surface area (Å²) in [5, 5.41) is 11.2. The van der Waals surface area contributed by atoms with Crippen LogP contribution >= 0.6 is 0 Å². The minimum atomic E-state index is -1.18. The van der Waals surface area contributed by atoms with Crippen LogP contribution in [-0.2, 0) is 14.3 Å². The molecule has 1 spiro atoms. The maximum Gasteiger partial charge on any atom is 0.229 e. The van der Waals surface area contributed by atoms with Crippen molar-refractivity contribution < 1.29 is 19.4 Å². The first-order valence-electron chi connectivity index (χ1n) is 6.31. The number of hydrogen-bond acceptors (Lipinski definition) is 4. The second-order valence-electron chi connectivity index (χ2n) is 5.83. The van der Waals surface area contributed by atoms with E-state index in [0.29, 0.717) is 19.0 Å². The maximum absolute atomic E-state index is 12.3. The lowest BCUT2D eigenvalue weighted by atomic mass is 9.77. The molecule has 0 saturated carbocycles. The van der Waals surface area contributed by atoms with Crippen molar-refractivity contribution in [2.24, 2.45) is 17.8 Å². The molecule has 0 radical (unpaired) electrons. The lowest BCUT2D eigenvalue weighted by molar-refractivity contribution is -0.313. The lowest BCUT2D eigenvalue weighted by Crippen LogP contribution is -2.45. The Hall–Kier alpha value is -1.36. The monoisotopic (exact) mass is 250 g/mol. The van der Waals surface area contributed by atoms with Gasteiger partial charge in [-0.1, -0.05) is 26.0 Å². The molecule has 2 bridgehead atoms. The molecule has 5 nitrogen and oxygen atoms in total. The van der Waals surface area contributed by atoms with Crippen molar-refractivity contribution in [2.45, 2.75) is 25.6 Å². The van der Waals surface area contributed by atoms with Gasteiger partial charge in [-0.2, -0.15) is 0 Å². The molecule has 0 aromatic heterocycles. The largest absolute Gasteiger partial charge is 0.550 e. The zero-order chi connectivity index (χ0) is 13.1. The fourth-order valence-corrected chi connectivity index (χ4v) is 3.44. The van der Waals surface area contributed by atoms with Crippen molar-refractivity contribution in [3.63, 3.8) is 0 Å². The van der Waals surface area contributed by atoms with Crippen molar-refractivity contribution in [3.8, 4) is 0 Å². The van der Waals surface area contributed by atoms with Gasteiger partial charge >= 0.3 is 0 Å². The Morgan fingerprint density at radius 3 is 3.00 bits per heavy atom. The summed E-state index contributed by atoms with van der Waals surface area (Å²) in [4.78, 5) is 25.3. The highest BCUT2D eigenvalue weighted by atomic mass is 16.5. The molecule has 5 heteroatoms. The number of carbonyl (C=O) groups excluding carboxylic acids is 2. The molecule has 18 heavy (non-hydrogen) atoms. The van der Waals surface area contributed by atoms with Gasteiger partial charge in [0.15, 0.2) is 0 Å². The number of amides is 1. The molecule has 0 unspecified atom stereocenters. The topological polar surface area (TPSA) is 69.7 Å². The summed E-state index contributed by atoms with van der Waals surface area (Å²) < 4.78 is 5.75. The van der Waals surface area contributed by atoms with Crippen LogP contribution in [0.5, 0.6) is 0 Å². The SMILES string of the molecule is CC(C)CN1C[C@@]23C=C[C@@H](O2)[C@H](C(=O)[O-])[C@H]3C1=O. The Bertz CT molecular complexity index is 444. The highest BCUT2D eigenvalue weighted by molar-refractivity contribution is 5.90. The number of ether oxygens (including phenoxy) is 1. The molecule has 3 aliphatic heterocycles. The predicted octanol–water partition coefficient (Wildman–Crippen LogP) is -0.826. The number of aliphatic carboxylic acids is 1. The fourth-order valence-electron chi connectivity index (χ4n) is 3.44. The van der Waals surface area contributed by atoms with Crippen LogP contribution in [0.1, 0.15) is 13.8 Å². The molecule has 4 atom stereocenters. The Labute approximate surface area is 105 Å². The second-order valence-corrected chi connectivity index (χ2v) is 5.83. The summed E-state index contributed by atoms with van der Waals surface area (Å²) >= 11 is 0. The highest BCUT2D eigenvalue weighted by Gasteiger charge is 2.65. The molecule has 0 N–H and O–H groups in total. The van der Waals surface area contributed by atoms with Gasteiger partial charge in [0.05, 0.1) is 18.6 Å². The van der Waals surface area contributed by atoms with Gasteiger partial charge in [-0.3, -0.25) is 4.79 Å². The van der Waals surface area contributed by atoms with E-state index in [-0.39, 0.29) is 5.91 Å². The number of carboxylic acid groups (broad SMARTS) is 1. The van der Waals surface area contributed by atoms with Gasteiger partial charge < -0.3 is 19.5 Å². The summed E-state index contributed by atoms with van der Waals surface area (Å²) in [6, 6.07) is 0. The molecule has 0 aromatic rings. The molecule has 1 amide bonds. The third kappa shape index (κ3) is 1.37. The summed E-state index contributed by atoms with van der Waals surface area (Å²) in [5.41, 5.74) is -0.721. The first-order chi connectivity index (χ1) is 8.44. The number of likely N-dealkylation sites (tertiary alicyclic amines) is 1. The lowest BCUT2D eigenvalue weighted by Gasteiger charge is -2.24. The summed E-state index contributed by atoms with van der Waals surface area (Å²) in [7, 11) is 0. The Morgan fingerprint density at radius 1 is 1.67 bits per heavy atom. The molecular formula is C13H16NO4-. The van der Waals surface area contributed by atoms with Gasteiger partial charge in [0.1, 0.15) is 5.60 Å². The second kappa shape index (κ2) is 3.57. The molecule has 2 saturated heterocycles. The highest BCUT2D eigenvalue weighted by Crippen LogP contribution is 2.51. The molecular weight excluding hydrogens is 234 g/mol. The van der Waals surface area contributed by atoms with E-state index in [1.165, 1.54) is 0 Å². The van der Waals surface area contributed by atoms with E-state index in [2.05, 4.69) is 0 Å². The third-order valence-electron chi connectivity index (χ3n) is 4.04. The van der Waals surface area contributed by atoms with Crippen molar-refractivity contribution in [3.05, 3.63) is 12.2 Å². The zero-order valence-electron chi connectivity index (χ0n) is 10.5. The Kier molecular flexibility index (Phi) is 2.32. The molecule has 3 rings (SSSR count). The quantitative estimate of drug-likeness (QED) is 0.613. The third-order valence-corrected chi connectivity index (χ3v) is 4.04. The number of carboxylic acids is 1.